The monoisotopic (exact) mass is 252 g/mol. The van der Waals surface area contributed by atoms with Crippen LogP contribution in [-0.4, -0.2) is 48.5 Å². The van der Waals surface area contributed by atoms with E-state index < -0.39 is 0 Å². The molecule has 1 saturated heterocycles. The summed E-state index contributed by atoms with van der Waals surface area (Å²) in [6.45, 7) is 1.31. The standard InChI is InChI=1S/C12H16N2O4/c1-18-11-6-13-5-9(11)14-12(17)8-3-2-7(15)4-10(8)16/h2-4,9,11,13,15-16H,5-6H2,1H3,(H,14,17)/t9?,11-/m0/s1. The summed E-state index contributed by atoms with van der Waals surface area (Å²) in [6, 6.07) is 3.74. The first kappa shape index (κ1) is 12.7. The summed E-state index contributed by atoms with van der Waals surface area (Å²) in [5.74, 6) is -0.711. The quantitative estimate of drug-likeness (QED) is 0.599. The minimum Gasteiger partial charge on any atom is -0.508 e. The molecule has 1 aliphatic rings. The minimum absolute atomic E-state index is 0.0757. The summed E-state index contributed by atoms with van der Waals surface area (Å²) in [6.07, 6.45) is -0.0757. The number of methoxy groups -OCH3 is 1. The van der Waals surface area contributed by atoms with Crippen LogP contribution in [0.1, 0.15) is 10.4 Å². The second-order valence-electron chi connectivity index (χ2n) is 4.21. The van der Waals surface area contributed by atoms with Crippen LogP contribution in [0.5, 0.6) is 11.5 Å². The van der Waals surface area contributed by atoms with Crippen molar-refractivity contribution in [1.82, 2.24) is 10.6 Å². The molecule has 2 atom stereocenters. The van der Waals surface area contributed by atoms with E-state index in [-0.39, 0.29) is 35.1 Å². The zero-order valence-electron chi connectivity index (χ0n) is 10.0. The van der Waals surface area contributed by atoms with Crippen molar-refractivity contribution in [3.8, 4) is 11.5 Å². The highest BCUT2D eigenvalue weighted by Gasteiger charge is 2.28. The van der Waals surface area contributed by atoms with E-state index in [1.807, 2.05) is 0 Å². The molecular formula is C12H16N2O4. The Hall–Kier alpha value is -1.79. The van der Waals surface area contributed by atoms with E-state index in [1.165, 1.54) is 12.1 Å². The lowest BCUT2D eigenvalue weighted by atomic mass is 10.1. The van der Waals surface area contributed by atoms with E-state index in [9.17, 15) is 9.90 Å². The van der Waals surface area contributed by atoms with Gasteiger partial charge in [0.05, 0.1) is 17.7 Å². The number of phenols is 2. The summed E-state index contributed by atoms with van der Waals surface area (Å²) in [5, 5.41) is 24.7. The summed E-state index contributed by atoms with van der Waals surface area (Å²) >= 11 is 0. The molecule has 6 nitrogen and oxygen atoms in total. The lowest BCUT2D eigenvalue weighted by Gasteiger charge is -2.18. The number of carbonyl (C=O) groups excluding carboxylic acids is 1. The van der Waals surface area contributed by atoms with Crippen molar-refractivity contribution < 1.29 is 19.7 Å². The molecule has 1 heterocycles. The fourth-order valence-electron chi connectivity index (χ4n) is 2.00. The molecule has 0 aliphatic carbocycles. The van der Waals surface area contributed by atoms with E-state index in [2.05, 4.69) is 10.6 Å². The molecule has 2 rings (SSSR count). The van der Waals surface area contributed by atoms with Crippen LogP contribution in [0.2, 0.25) is 0 Å². The van der Waals surface area contributed by atoms with Crippen molar-refractivity contribution in [2.75, 3.05) is 20.2 Å². The van der Waals surface area contributed by atoms with Gasteiger partial charge in [0, 0.05) is 26.3 Å². The minimum atomic E-state index is -0.386. The fourth-order valence-corrected chi connectivity index (χ4v) is 2.00. The van der Waals surface area contributed by atoms with Gasteiger partial charge in [-0.25, -0.2) is 0 Å². The van der Waals surface area contributed by atoms with Crippen LogP contribution in [0.15, 0.2) is 18.2 Å². The molecule has 0 bridgehead atoms. The molecule has 0 saturated carbocycles. The van der Waals surface area contributed by atoms with E-state index in [0.29, 0.717) is 13.1 Å². The van der Waals surface area contributed by atoms with E-state index >= 15 is 0 Å². The molecule has 1 fully saturated rings. The van der Waals surface area contributed by atoms with E-state index in [1.54, 1.807) is 7.11 Å². The van der Waals surface area contributed by atoms with E-state index in [0.717, 1.165) is 6.07 Å². The molecule has 0 spiro atoms. The van der Waals surface area contributed by atoms with Crippen molar-refractivity contribution in [3.05, 3.63) is 23.8 Å². The topological polar surface area (TPSA) is 90.8 Å². The maximum absolute atomic E-state index is 12.0. The molecule has 1 aromatic carbocycles. The largest absolute Gasteiger partial charge is 0.508 e. The maximum atomic E-state index is 12.0. The third-order valence-corrected chi connectivity index (χ3v) is 3.00. The highest BCUT2D eigenvalue weighted by molar-refractivity contribution is 5.97. The molecule has 0 aromatic heterocycles. The van der Waals surface area contributed by atoms with Gasteiger partial charge in [-0.15, -0.1) is 0 Å². The third kappa shape index (κ3) is 2.55. The molecule has 98 valence electrons. The predicted octanol–water partition coefficient (Wildman–Crippen LogP) is -0.186. The first-order valence-electron chi connectivity index (χ1n) is 5.68. The smallest absolute Gasteiger partial charge is 0.255 e. The zero-order valence-corrected chi connectivity index (χ0v) is 10.0. The fraction of sp³-hybridized carbons (Fsp3) is 0.417. The molecule has 1 amide bonds. The summed E-state index contributed by atoms with van der Waals surface area (Å²) in [5.41, 5.74) is 0.134. The number of benzene rings is 1. The Kier molecular flexibility index (Phi) is 3.69. The molecule has 4 N–H and O–H groups in total. The predicted molar refractivity (Wildman–Crippen MR) is 64.7 cm³/mol. The molecular weight excluding hydrogens is 236 g/mol. The Bertz CT molecular complexity index is 450. The summed E-state index contributed by atoms with van der Waals surface area (Å²) in [7, 11) is 1.59. The molecule has 1 aromatic rings. The van der Waals surface area contributed by atoms with Gasteiger partial charge in [0.25, 0.3) is 5.91 Å². The Labute approximate surface area is 105 Å². The first-order chi connectivity index (χ1) is 8.61. The lowest BCUT2D eigenvalue weighted by Crippen LogP contribution is -2.43. The van der Waals surface area contributed by atoms with Gasteiger partial charge < -0.3 is 25.6 Å². The third-order valence-electron chi connectivity index (χ3n) is 3.00. The molecule has 18 heavy (non-hydrogen) atoms. The molecule has 1 aliphatic heterocycles. The Balaban J connectivity index is 2.07. The molecule has 1 unspecified atom stereocenters. The zero-order chi connectivity index (χ0) is 13.1. The first-order valence-corrected chi connectivity index (χ1v) is 5.68. The number of rotatable bonds is 3. The van der Waals surface area contributed by atoms with E-state index in [4.69, 9.17) is 9.84 Å². The molecule has 6 heteroatoms. The van der Waals surface area contributed by atoms with Crippen molar-refractivity contribution >= 4 is 5.91 Å². The van der Waals surface area contributed by atoms with Gasteiger partial charge in [-0.1, -0.05) is 0 Å². The van der Waals surface area contributed by atoms with Gasteiger partial charge in [0.15, 0.2) is 0 Å². The second kappa shape index (κ2) is 5.24. The maximum Gasteiger partial charge on any atom is 0.255 e. The number of hydrogen-bond acceptors (Lipinski definition) is 5. The van der Waals surface area contributed by atoms with Crippen LogP contribution in [0, 0.1) is 0 Å². The highest BCUT2D eigenvalue weighted by Crippen LogP contribution is 2.22. The number of amides is 1. The van der Waals surface area contributed by atoms with Gasteiger partial charge in [0.2, 0.25) is 0 Å². The summed E-state index contributed by atoms with van der Waals surface area (Å²) in [4.78, 5) is 12.0. The Morgan fingerprint density at radius 2 is 2.22 bits per heavy atom. The van der Waals surface area contributed by atoms with Crippen LogP contribution in [0.25, 0.3) is 0 Å². The average Bonchev–Trinajstić information content (AvgIpc) is 2.76. The van der Waals surface area contributed by atoms with Crippen LogP contribution >= 0.6 is 0 Å². The number of phenolic OH excluding ortho intramolecular Hbond substituents is 2. The lowest BCUT2D eigenvalue weighted by molar-refractivity contribution is 0.0778. The van der Waals surface area contributed by atoms with Crippen molar-refractivity contribution in [3.63, 3.8) is 0 Å². The van der Waals surface area contributed by atoms with Gasteiger partial charge >= 0.3 is 0 Å². The van der Waals surface area contributed by atoms with Crippen LogP contribution in [0.3, 0.4) is 0 Å². The van der Waals surface area contributed by atoms with Gasteiger partial charge in [-0.3, -0.25) is 4.79 Å². The average molecular weight is 252 g/mol. The number of hydrogen-bond donors (Lipinski definition) is 4. The number of carbonyl (C=O) groups is 1. The van der Waals surface area contributed by atoms with Crippen LogP contribution in [0.4, 0.5) is 0 Å². The Morgan fingerprint density at radius 1 is 1.44 bits per heavy atom. The number of aromatic hydroxyl groups is 2. The number of ether oxygens (including phenoxy) is 1. The van der Waals surface area contributed by atoms with Gasteiger partial charge in [0.1, 0.15) is 11.5 Å². The van der Waals surface area contributed by atoms with Crippen molar-refractivity contribution in [2.45, 2.75) is 12.1 Å². The normalized spacial score (nSPS) is 22.9. The second-order valence-corrected chi connectivity index (χ2v) is 4.21. The van der Waals surface area contributed by atoms with Crippen LogP contribution < -0.4 is 10.6 Å². The summed E-state index contributed by atoms with van der Waals surface area (Å²) < 4.78 is 5.23. The van der Waals surface area contributed by atoms with Gasteiger partial charge in [-0.05, 0) is 12.1 Å². The van der Waals surface area contributed by atoms with Crippen molar-refractivity contribution in [1.29, 1.82) is 0 Å². The molecule has 0 radical (unpaired) electrons. The number of nitrogens with one attached hydrogen (secondary N) is 2. The SMILES string of the molecule is CO[C@H]1CNCC1NC(=O)c1ccc(O)cc1O. The van der Waals surface area contributed by atoms with Crippen molar-refractivity contribution in [2.24, 2.45) is 0 Å². The van der Waals surface area contributed by atoms with Gasteiger partial charge in [-0.2, -0.15) is 0 Å². The Morgan fingerprint density at radius 3 is 2.89 bits per heavy atom. The highest BCUT2D eigenvalue weighted by atomic mass is 16.5. The van der Waals surface area contributed by atoms with Crippen LogP contribution in [-0.2, 0) is 4.74 Å².